The minimum Gasteiger partial charge on any atom is -0.313 e. The van der Waals surface area contributed by atoms with Gasteiger partial charge in [-0.15, -0.1) is 0 Å². The Hall–Kier alpha value is -0.520. The van der Waals surface area contributed by atoms with E-state index < -0.39 is 11.6 Å². The van der Waals surface area contributed by atoms with Crippen molar-refractivity contribution in [3.05, 3.63) is 33.8 Å². The molecular weight excluding hydrogens is 302 g/mol. The Balaban J connectivity index is 1.87. The van der Waals surface area contributed by atoms with Gasteiger partial charge in [-0.3, -0.25) is 0 Å². The molecule has 0 heterocycles. The Bertz CT molecular complexity index is 398. The van der Waals surface area contributed by atoms with Crippen molar-refractivity contribution in [1.82, 2.24) is 10.2 Å². The van der Waals surface area contributed by atoms with Crippen LogP contribution in [0.25, 0.3) is 0 Å². The average Bonchev–Trinajstić information content (AvgIpc) is 3.07. The topological polar surface area (TPSA) is 15.3 Å². The van der Waals surface area contributed by atoms with Crippen molar-refractivity contribution in [3.8, 4) is 0 Å². The van der Waals surface area contributed by atoms with Crippen LogP contribution in [0.1, 0.15) is 18.4 Å². The van der Waals surface area contributed by atoms with E-state index >= 15 is 0 Å². The number of nitrogens with one attached hydrogen (secondary N) is 1. The number of hydrogen-bond donors (Lipinski definition) is 1. The van der Waals surface area contributed by atoms with Crippen LogP contribution in [-0.2, 0) is 6.54 Å². The quantitative estimate of drug-likeness (QED) is 0.867. The molecule has 0 unspecified atom stereocenters. The van der Waals surface area contributed by atoms with Crippen molar-refractivity contribution in [1.29, 1.82) is 0 Å². The van der Waals surface area contributed by atoms with Crippen LogP contribution in [0.5, 0.6) is 0 Å². The molecule has 0 atom stereocenters. The van der Waals surface area contributed by atoms with E-state index in [2.05, 4.69) is 21.2 Å². The zero-order valence-electron chi connectivity index (χ0n) is 10.3. The van der Waals surface area contributed by atoms with E-state index in [1.54, 1.807) is 0 Å². The van der Waals surface area contributed by atoms with Crippen LogP contribution in [0.4, 0.5) is 8.78 Å². The van der Waals surface area contributed by atoms with Crippen molar-refractivity contribution in [3.63, 3.8) is 0 Å². The zero-order chi connectivity index (χ0) is 13.1. The smallest absolute Gasteiger partial charge is 0.131 e. The fourth-order valence-electron chi connectivity index (χ4n) is 1.82. The van der Waals surface area contributed by atoms with Crippen LogP contribution in [-0.4, -0.2) is 31.1 Å². The van der Waals surface area contributed by atoms with E-state index in [1.165, 1.54) is 25.0 Å². The Kier molecular flexibility index (Phi) is 4.70. The summed E-state index contributed by atoms with van der Waals surface area (Å²) in [5, 5.41) is 3.37. The summed E-state index contributed by atoms with van der Waals surface area (Å²) in [6, 6.07) is 3.27. The Morgan fingerprint density at radius 1 is 1.33 bits per heavy atom. The maximum atomic E-state index is 13.6. The van der Waals surface area contributed by atoms with Gasteiger partial charge < -0.3 is 10.2 Å². The van der Waals surface area contributed by atoms with Gasteiger partial charge in [-0.05, 0) is 32.0 Å². The molecule has 0 spiro atoms. The van der Waals surface area contributed by atoms with Crippen LogP contribution >= 0.6 is 15.9 Å². The Morgan fingerprint density at radius 3 is 2.50 bits per heavy atom. The van der Waals surface area contributed by atoms with Crippen molar-refractivity contribution >= 4 is 15.9 Å². The van der Waals surface area contributed by atoms with E-state index in [-0.39, 0.29) is 12.1 Å². The lowest BCUT2D eigenvalue weighted by Gasteiger charge is -2.18. The maximum Gasteiger partial charge on any atom is 0.131 e. The molecule has 1 aliphatic carbocycles. The van der Waals surface area contributed by atoms with Gasteiger partial charge in [0, 0.05) is 35.7 Å². The molecule has 0 amide bonds. The first kappa shape index (κ1) is 13.9. The number of nitrogens with zero attached hydrogens (tertiary/aromatic N) is 1. The van der Waals surface area contributed by atoms with Crippen LogP contribution in [0, 0.1) is 11.6 Å². The van der Waals surface area contributed by atoms with Crippen LogP contribution < -0.4 is 5.32 Å². The normalized spacial score (nSPS) is 15.4. The second-order valence-electron chi connectivity index (χ2n) is 4.81. The summed E-state index contributed by atoms with van der Waals surface area (Å²) in [7, 11) is 1.87. The van der Waals surface area contributed by atoms with Gasteiger partial charge in [0.05, 0.1) is 0 Å². The first-order valence-electron chi connectivity index (χ1n) is 6.11. The second-order valence-corrected chi connectivity index (χ2v) is 5.73. The lowest BCUT2D eigenvalue weighted by Crippen LogP contribution is -2.30. The minimum absolute atomic E-state index is 0.132. The van der Waals surface area contributed by atoms with Gasteiger partial charge in [0.15, 0.2) is 0 Å². The van der Waals surface area contributed by atoms with Gasteiger partial charge in [-0.2, -0.15) is 0 Å². The molecule has 0 saturated heterocycles. The fourth-order valence-corrected chi connectivity index (χ4v) is 2.22. The summed E-state index contributed by atoms with van der Waals surface area (Å²) in [6.45, 7) is 1.93. The van der Waals surface area contributed by atoms with E-state index in [1.807, 2.05) is 11.9 Å². The van der Waals surface area contributed by atoms with Crippen molar-refractivity contribution in [2.24, 2.45) is 0 Å². The third-order valence-electron chi connectivity index (χ3n) is 3.04. The summed E-state index contributed by atoms with van der Waals surface area (Å²) < 4.78 is 27.7. The molecule has 18 heavy (non-hydrogen) atoms. The van der Waals surface area contributed by atoms with Crippen molar-refractivity contribution < 1.29 is 8.78 Å². The summed E-state index contributed by atoms with van der Waals surface area (Å²) in [4.78, 5) is 1.92. The number of rotatable bonds is 6. The molecule has 1 aliphatic rings. The molecule has 1 N–H and O–H groups in total. The van der Waals surface area contributed by atoms with E-state index in [0.717, 1.165) is 13.1 Å². The highest BCUT2D eigenvalue weighted by Crippen LogP contribution is 2.20. The number of hydrogen-bond acceptors (Lipinski definition) is 2. The van der Waals surface area contributed by atoms with Crippen LogP contribution in [0.2, 0.25) is 0 Å². The third kappa shape index (κ3) is 4.00. The number of likely N-dealkylation sites (N-methyl/N-ethyl adjacent to an activating group) is 1. The van der Waals surface area contributed by atoms with Crippen LogP contribution in [0.3, 0.4) is 0 Å². The van der Waals surface area contributed by atoms with Crippen molar-refractivity contribution in [2.75, 3.05) is 20.1 Å². The molecular formula is C13H17BrF2N2. The summed E-state index contributed by atoms with van der Waals surface area (Å²) in [5.41, 5.74) is 0.132. The van der Waals surface area contributed by atoms with Gasteiger partial charge in [0.2, 0.25) is 0 Å². The largest absolute Gasteiger partial charge is 0.313 e. The molecule has 1 saturated carbocycles. The molecule has 100 valence electrons. The van der Waals surface area contributed by atoms with Crippen LogP contribution in [0.15, 0.2) is 16.6 Å². The third-order valence-corrected chi connectivity index (χ3v) is 3.50. The standard InChI is InChI=1S/C13H17BrF2N2/c1-18(5-4-17-10-2-3-10)8-11-12(15)6-9(14)7-13(11)16/h6-7,10,17H,2-5,8H2,1H3. The highest BCUT2D eigenvalue weighted by Gasteiger charge is 2.20. The molecule has 1 aromatic carbocycles. The van der Waals surface area contributed by atoms with Gasteiger partial charge in [-0.1, -0.05) is 15.9 Å². The van der Waals surface area contributed by atoms with Crippen molar-refractivity contribution in [2.45, 2.75) is 25.4 Å². The molecule has 0 aromatic heterocycles. The van der Waals surface area contributed by atoms with E-state index in [4.69, 9.17) is 0 Å². The molecule has 1 aromatic rings. The van der Waals surface area contributed by atoms with Gasteiger partial charge >= 0.3 is 0 Å². The number of halogens is 3. The SMILES string of the molecule is CN(CCNC1CC1)Cc1c(F)cc(Br)cc1F. The Labute approximate surface area is 114 Å². The lowest BCUT2D eigenvalue weighted by atomic mass is 10.2. The molecule has 2 rings (SSSR count). The second kappa shape index (κ2) is 6.08. The predicted molar refractivity (Wildman–Crippen MR) is 71.4 cm³/mol. The summed E-state index contributed by atoms with van der Waals surface area (Å²) >= 11 is 3.07. The molecule has 0 aliphatic heterocycles. The van der Waals surface area contributed by atoms with Gasteiger partial charge in [-0.25, -0.2) is 8.78 Å². The lowest BCUT2D eigenvalue weighted by molar-refractivity contribution is 0.312. The average molecular weight is 319 g/mol. The monoisotopic (exact) mass is 318 g/mol. The van der Waals surface area contributed by atoms with Gasteiger partial charge in [0.25, 0.3) is 0 Å². The first-order chi connectivity index (χ1) is 8.56. The molecule has 5 heteroatoms. The molecule has 0 radical (unpaired) electrons. The first-order valence-corrected chi connectivity index (χ1v) is 6.91. The highest BCUT2D eigenvalue weighted by atomic mass is 79.9. The zero-order valence-corrected chi connectivity index (χ0v) is 11.9. The molecule has 2 nitrogen and oxygen atoms in total. The summed E-state index contributed by atoms with van der Waals surface area (Å²) in [6.07, 6.45) is 2.50. The predicted octanol–water partition coefficient (Wildman–Crippen LogP) is 2.91. The van der Waals surface area contributed by atoms with E-state index in [9.17, 15) is 8.78 Å². The Morgan fingerprint density at radius 2 is 1.94 bits per heavy atom. The number of benzene rings is 1. The summed E-state index contributed by atoms with van der Waals surface area (Å²) in [5.74, 6) is -0.993. The molecule has 0 bridgehead atoms. The maximum absolute atomic E-state index is 13.6. The molecule has 1 fully saturated rings. The minimum atomic E-state index is -0.496. The highest BCUT2D eigenvalue weighted by molar-refractivity contribution is 9.10. The van der Waals surface area contributed by atoms with E-state index in [0.29, 0.717) is 10.5 Å². The fraction of sp³-hybridized carbons (Fsp3) is 0.538. The van der Waals surface area contributed by atoms with Gasteiger partial charge in [0.1, 0.15) is 11.6 Å².